The minimum Gasteiger partial charge on any atom is -0.508 e. The van der Waals surface area contributed by atoms with Crippen molar-refractivity contribution < 1.29 is 14.8 Å². The molecule has 1 heterocycles. The van der Waals surface area contributed by atoms with Crippen LogP contribution in [0.3, 0.4) is 0 Å². The highest BCUT2D eigenvalue weighted by molar-refractivity contribution is 5.82. The van der Waals surface area contributed by atoms with Crippen LogP contribution in [0.1, 0.15) is 5.56 Å². The Hall–Kier alpha value is -3.23. The zero-order valence-electron chi connectivity index (χ0n) is 10.7. The van der Waals surface area contributed by atoms with Crippen molar-refractivity contribution >= 4 is 17.9 Å². The maximum absolute atomic E-state index is 11.5. The first-order valence-corrected chi connectivity index (χ1v) is 5.83. The van der Waals surface area contributed by atoms with Crippen LogP contribution in [0.25, 0.3) is 0 Å². The Bertz CT molecular complexity index is 677. The molecule has 2 aromatic rings. The van der Waals surface area contributed by atoms with Gasteiger partial charge < -0.3 is 15.2 Å². The van der Waals surface area contributed by atoms with E-state index in [0.29, 0.717) is 5.56 Å². The van der Waals surface area contributed by atoms with E-state index in [-0.39, 0.29) is 18.1 Å². The molecule has 9 nitrogen and oxygen atoms in total. The Morgan fingerprint density at radius 3 is 2.76 bits per heavy atom. The number of amides is 1. The van der Waals surface area contributed by atoms with Gasteiger partial charge in [-0.15, -0.1) is 0 Å². The molecule has 0 spiro atoms. The van der Waals surface area contributed by atoms with Gasteiger partial charge in [0.05, 0.1) is 23.6 Å². The number of nitrogens with zero attached hydrogens (tertiary/aromatic N) is 4. The van der Waals surface area contributed by atoms with Crippen LogP contribution in [0, 0.1) is 10.1 Å². The maximum atomic E-state index is 11.5. The Kier molecular flexibility index (Phi) is 4.24. The number of benzene rings is 1. The average Bonchev–Trinajstić information content (AvgIpc) is 2.90. The van der Waals surface area contributed by atoms with Gasteiger partial charge in [0.1, 0.15) is 12.3 Å². The minimum atomic E-state index is -0.641. The zero-order chi connectivity index (χ0) is 15.2. The Morgan fingerprint density at radius 2 is 2.14 bits per heavy atom. The van der Waals surface area contributed by atoms with Gasteiger partial charge in [-0.3, -0.25) is 4.79 Å². The standard InChI is InChI=1S/C12H11N5O4/c18-10-3-1-9(2-4-10)7-13-14-12(19)8-16-6-5-11(15-16)17(20)21/h1-7,18H,8H2,(H,14,19)/b13-7+. The third-order valence-corrected chi connectivity index (χ3v) is 2.42. The highest BCUT2D eigenvalue weighted by Gasteiger charge is 2.12. The number of hydrazone groups is 1. The van der Waals surface area contributed by atoms with Gasteiger partial charge in [0.15, 0.2) is 0 Å². The number of aromatic hydroxyl groups is 1. The number of phenolic OH excluding ortho intramolecular Hbond substituents is 1. The monoisotopic (exact) mass is 289 g/mol. The largest absolute Gasteiger partial charge is 0.508 e. The molecule has 0 aliphatic heterocycles. The Balaban J connectivity index is 1.86. The first-order valence-electron chi connectivity index (χ1n) is 5.83. The van der Waals surface area contributed by atoms with E-state index in [0.717, 1.165) is 4.68 Å². The summed E-state index contributed by atoms with van der Waals surface area (Å²) in [4.78, 5) is 21.3. The quantitative estimate of drug-likeness (QED) is 0.475. The molecule has 0 bridgehead atoms. The Labute approximate surface area is 118 Å². The number of nitrogens with one attached hydrogen (secondary N) is 1. The van der Waals surface area contributed by atoms with Crippen LogP contribution in [-0.4, -0.2) is 31.9 Å². The lowest BCUT2D eigenvalue weighted by molar-refractivity contribution is -0.389. The molecular formula is C12H11N5O4. The highest BCUT2D eigenvalue weighted by atomic mass is 16.6. The molecule has 0 saturated heterocycles. The first kappa shape index (κ1) is 14.2. The van der Waals surface area contributed by atoms with Gasteiger partial charge in [-0.05, 0) is 34.8 Å². The van der Waals surface area contributed by atoms with Crippen LogP contribution in [0.4, 0.5) is 5.82 Å². The van der Waals surface area contributed by atoms with Gasteiger partial charge >= 0.3 is 5.82 Å². The van der Waals surface area contributed by atoms with Gasteiger partial charge in [0.25, 0.3) is 5.91 Å². The second kappa shape index (κ2) is 6.28. The lowest BCUT2D eigenvalue weighted by Gasteiger charge is -1.97. The van der Waals surface area contributed by atoms with Crippen molar-refractivity contribution in [2.75, 3.05) is 0 Å². The molecular weight excluding hydrogens is 278 g/mol. The number of hydrogen-bond acceptors (Lipinski definition) is 6. The summed E-state index contributed by atoms with van der Waals surface area (Å²) in [7, 11) is 0. The number of aromatic nitrogens is 2. The minimum absolute atomic E-state index is 0.136. The number of carbonyl (C=O) groups is 1. The summed E-state index contributed by atoms with van der Waals surface area (Å²) >= 11 is 0. The molecule has 2 rings (SSSR count). The fourth-order valence-electron chi connectivity index (χ4n) is 1.46. The number of carbonyl (C=O) groups excluding carboxylic acids is 1. The van der Waals surface area contributed by atoms with E-state index < -0.39 is 10.8 Å². The van der Waals surface area contributed by atoms with E-state index in [4.69, 9.17) is 5.11 Å². The summed E-state index contributed by atoms with van der Waals surface area (Å²) in [6, 6.07) is 7.44. The summed E-state index contributed by atoms with van der Waals surface area (Å²) in [5, 5.41) is 26.9. The zero-order valence-corrected chi connectivity index (χ0v) is 10.7. The van der Waals surface area contributed by atoms with Crippen molar-refractivity contribution in [2.24, 2.45) is 5.10 Å². The van der Waals surface area contributed by atoms with Crippen LogP contribution in [-0.2, 0) is 11.3 Å². The van der Waals surface area contributed by atoms with E-state index >= 15 is 0 Å². The smallest absolute Gasteiger partial charge is 0.389 e. The number of nitro groups is 1. The predicted octanol–water partition coefficient (Wildman–Crippen LogP) is 0.647. The molecule has 21 heavy (non-hydrogen) atoms. The van der Waals surface area contributed by atoms with Crippen LogP contribution < -0.4 is 5.43 Å². The van der Waals surface area contributed by atoms with Crippen molar-refractivity contribution in [3.8, 4) is 5.75 Å². The molecule has 0 aliphatic rings. The molecule has 0 atom stereocenters. The second-order valence-electron chi connectivity index (χ2n) is 4.01. The summed E-state index contributed by atoms with van der Waals surface area (Å²) in [5.41, 5.74) is 2.97. The molecule has 1 amide bonds. The lowest BCUT2D eigenvalue weighted by Crippen LogP contribution is -2.23. The molecule has 0 unspecified atom stereocenters. The molecule has 1 aromatic carbocycles. The summed E-state index contributed by atoms with van der Waals surface area (Å²) in [6.07, 6.45) is 2.74. The van der Waals surface area contributed by atoms with Gasteiger partial charge in [-0.1, -0.05) is 0 Å². The van der Waals surface area contributed by atoms with Crippen LogP contribution in [0.15, 0.2) is 41.6 Å². The first-order chi connectivity index (χ1) is 10.0. The van der Waals surface area contributed by atoms with Crippen molar-refractivity contribution in [3.05, 3.63) is 52.2 Å². The van der Waals surface area contributed by atoms with E-state index in [1.165, 1.54) is 30.6 Å². The van der Waals surface area contributed by atoms with E-state index in [9.17, 15) is 14.9 Å². The van der Waals surface area contributed by atoms with Gasteiger partial charge in [0, 0.05) is 0 Å². The third-order valence-electron chi connectivity index (χ3n) is 2.42. The number of phenols is 1. The third kappa shape index (κ3) is 4.13. The van der Waals surface area contributed by atoms with E-state index in [1.54, 1.807) is 12.1 Å². The molecule has 0 aliphatic carbocycles. The van der Waals surface area contributed by atoms with Crippen LogP contribution in [0.2, 0.25) is 0 Å². The molecule has 2 N–H and O–H groups in total. The topological polar surface area (TPSA) is 123 Å². The normalized spacial score (nSPS) is 10.7. The molecule has 0 fully saturated rings. The molecule has 1 aromatic heterocycles. The molecule has 108 valence electrons. The van der Waals surface area contributed by atoms with Crippen LogP contribution >= 0.6 is 0 Å². The number of hydrogen-bond donors (Lipinski definition) is 2. The predicted molar refractivity (Wildman–Crippen MR) is 72.7 cm³/mol. The van der Waals surface area contributed by atoms with E-state index in [2.05, 4.69) is 15.6 Å². The van der Waals surface area contributed by atoms with Gasteiger partial charge in [-0.25, -0.2) is 5.43 Å². The molecule has 0 radical (unpaired) electrons. The Morgan fingerprint density at radius 1 is 1.43 bits per heavy atom. The fraction of sp³-hybridized carbons (Fsp3) is 0.0833. The van der Waals surface area contributed by atoms with Gasteiger partial charge in [0.2, 0.25) is 0 Å². The molecule has 9 heteroatoms. The lowest BCUT2D eigenvalue weighted by atomic mass is 10.2. The van der Waals surface area contributed by atoms with Crippen molar-refractivity contribution in [2.45, 2.75) is 6.54 Å². The fourth-order valence-corrected chi connectivity index (χ4v) is 1.46. The maximum Gasteiger partial charge on any atom is 0.389 e. The van der Waals surface area contributed by atoms with Crippen molar-refractivity contribution in [1.29, 1.82) is 0 Å². The summed E-state index contributed by atoms with van der Waals surface area (Å²) in [5.74, 6) is -0.658. The summed E-state index contributed by atoms with van der Waals surface area (Å²) in [6.45, 7) is -0.180. The summed E-state index contributed by atoms with van der Waals surface area (Å²) < 4.78 is 1.14. The van der Waals surface area contributed by atoms with E-state index in [1.807, 2.05) is 0 Å². The highest BCUT2D eigenvalue weighted by Crippen LogP contribution is 2.07. The van der Waals surface area contributed by atoms with Crippen LogP contribution in [0.5, 0.6) is 5.75 Å². The van der Waals surface area contributed by atoms with Crippen molar-refractivity contribution in [1.82, 2.24) is 15.2 Å². The van der Waals surface area contributed by atoms with Gasteiger partial charge in [-0.2, -0.15) is 9.78 Å². The number of rotatable bonds is 5. The second-order valence-corrected chi connectivity index (χ2v) is 4.01. The average molecular weight is 289 g/mol. The SMILES string of the molecule is O=C(Cn1ccc([N+](=O)[O-])n1)N/N=C/c1ccc(O)cc1. The van der Waals surface area contributed by atoms with Crippen molar-refractivity contribution in [3.63, 3.8) is 0 Å². The molecule has 0 saturated carbocycles.